The maximum atomic E-state index is 13.1. The van der Waals surface area contributed by atoms with Crippen LogP contribution in [-0.4, -0.2) is 25.5 Å². The van der Waals surface area contributed by atoms with Crippen LogP contribution in [0.1, 0.15) is 45.8 Å². The van der Waals surface area contributed by atoms with Gasteiger partial charge in [-0.15, -0.1) is 0 Å². The van der Waals surface area contributed by atoms with E-state index in [1.807, 2.05) is 43.6 Å². The summed E-state index contributed by atoms with van der Waals surface area (Å²) in [5, 5.41) is 8.13. The van der Waals surface area contributed by atoms with E-state index in [2.05, 4.69) is 20.4 Å². The molecule has 0 aliphatic heterocycles. The number of nitrogens with one attached hydrogen (secondary N) is 1. The van der Waals surface area contributed by atoms with Crippen molar-refractivity contribution in [3.8, 4) is 11.1 Å². The Hall–Kier alpha value is -4.53. The van der Waals surface area contributed by atoms with Crippen LogP contribution in [0.4, 0.5) is 24.8 Å². The topological polar surface area (TPSA) is 72.7 Å². The largest absolute Gasteiger partial charge is 0.416 e. The van der Waals surface area contributed by atoms with E-state index < -0.39 is 11.7 Å². The summed E-state index contributed by atoms with van der Waals surface area (Å²) in [4.78, 5) is 22.2. The van der Waals surface area contributed by atoms with E-state index in [-0.39, 0.29) is 12.2 Å². The minimum atomic E-state index is -4.45. The van der Waals surface area contributed by atoms with Gasteiger partial charge in [-0.25, -0.2) is 9.97 Å². The highest BCUT2D eigenvalue weighted by Crippen LogP contribution is 2.45. The Balaban J connectivity index is 1.29. The fourth-order valence-electron chi connectivity index (χ4n) is 4.75. The molecule has 3 aromatic carbocycles. The van der Waals surface area contributed by atoms with Crippen molar-refractivity contribution in [1.29, 1.82) is 0 Å². The summed E-state index contributed by atoms with van der Waals surface area (Å²) in [5.41, 5.74) is 4.66. The molecule has 1 saturated carbocycles. The predicted molar refractivity (Wildman–Crippen MR) is 143 cm³/mol. The molecule has 0 bridgehead atoms. The molecule has 0 spiro atoms. The van der Waals surface area contributed by atoms with Gasteiger partial charge in [0.2, 0.25) is 5.95 Å². The lowest BCUT2D eigenvalue weighted by Crippen LogP contribution is -2.08. The van der Waals surface area contributed by atoms with E-state index >= 15 is 0 Å². The number of nitrogens with zero attached hydrogens (tertiary/aromatic N) is 4. The smallest absolute Gasteiger partial charge is 0.321 e. The number of halogens is 3. The molecule has 39 heavy (non-hydrogen) atoms. The van der Waals surface area contributed by atoms with Gasteiger partial charge in [-0.05, 0) is 65.3 Å². The van der Waals surface area contributed by atoms with Gasteiger partial charge in [-0.2, -0.15) is 18.3 Å². The van der Waals surface area contributed by atoms with Gasteiger partial charge in [0.25, 0.3) is 0 Å². The second-order valence-electron chi connectivity index (χ2n) is 9.87. The molecule has 6 rings (SSSR count). The summed E-state index contributed by atoms with van der Waals surface area (Å²) >= 11 is 0. The van der Waals surface area contributed by atoms with Crippen LogP contribution >= 0.6 is 0 Å². The summed E-state index contributed by atoms with van der Waals surface area (Å²) in [7, 11) is 1.83. The summed E-state index contributed by atoms with van der Waals surface area (Å²) in [6.45, 7) is 0. The lowest BCUT2D eigenvalue weighted by molar-refractivity contribution is -0.137. The van der Waals surface area contributed by atoms with Crippen molar-refractivity contribution in [2.75, 3.05) is 5.32 Å². The number of fused-ring (bicyclic) bond motifs is 1. The van der Waals surface area contributed by atoms with Gasteiger partial charge >= 0.3 is 6.18 Å². The highest BCUT2D eigenvalue weighted by molar-refractivity contribution is 5.99. The molecule has 9 heteroatoms. The molecule has 1 aliphatic carbocycles. The summed E-state index contributed by atoms with van der Waals surface area (Å²) in [5.74, 6) is 0.669. The van der Waals surface area contributed by atoms with Crippen LogP contribution in [0.25, 0.3) is 22.0 Å². The Labute approximate surface area is 222 Å². The fourth-order valence-corrected chi connectivity index (χ4v) is 4.75. The third kappa shape index (κ3) is 5.38. The summed E-state index contributed by atoms with van der Waals surface area (Å²) < 4.78 is 41.1. The van der Waals surface area contributed by atoms with Crippen LogP contribution < -0.4 is 5.32 Å². The van der Waals surface area contributed by atoms with E-state index in [1.54, 1.807) is 29.2 Å². The van der Waals surface area contributed by atoms with Crippen LogP contribution in [-0.2, 0) is 19.6 Å². The summed E-state index contributed by atoms with van der Waals surface area (Å²) in [6, 6.07) is 16.5. The number of ketones is 1. The monoisotopic (exact) mass is 527 g/mol. The maximum absolute atomic E-state index is 13.1. The molecule has 0 amide bonds. The Kier molecular flexibility index (Phi) is 6.13. The van der Waals surface area contributed by atoms with Crippen molar-refractivity contribution in [1.82, 2.24) is 19.7 Å². The molecule has 1 fully saturated rings. The van der Waals surface area contributed by atoms with Gasteiger partial charge in [0, 0.05) is 36.8 Å². The minimum absolute atomic E-state index is 0.107. The molecule has 1 aliphatic rings. The molecule has 0 saturated heterocycles. The highest BCUT2D eigenvalue weighted by Gasteiger charge is 2.31. The van der Waals surface area contributed by atoms with E-state index in [0.29, 0.717) is 23.0 Å². The average Bonchev–Trinajstić information content (AvgIpc) is 3.69. The quantitative estimate of drug-likeness (QED) is 0.229. The number of alkyl halides is 3. The molecule has 2 heterocycles. The molecule has 5 aromatic rings. The van der Waals surface area contributed by atoms with E-state index in [1.165, 1.54) is 11.6 Å². The number of benzene rings is 3. The van der Waals surface area contributed by atoms with Crippen LogP contribution in [0.15, 0.2) is 79.3 Å². The Morgan fingerprint density at radius 3 is 2.64 bits per heavy atom. The number of aryl methyl sites for hydroxylation is 1. The maximum Gasteiger partial charge on any atom is 0.416 e. The van der Waals surface area contributed by atoms with Gasteiger partial charge in [0.05, 0.1) is 23.0 Å². The van der Waals surface area contributed by atoms with Crippen molar-refractivity contribution < 1.29 is 18.0 Å². The molecule has 0 atom stereocenters. The second kappa shape index (κ2) is 9.65. The van der Waals surface area contributed by atoms with Gasteiger partial charge in [-0.3, -0.25) is 9.48 Å². The molecule has 6 nitrogen and oxygen atoms in total. The van der Waals surface area contributed by atoms with Crippen molar-refractivity contribution in [3.05, 3.63) is 102 Å². The van der Waals surface area contributed by atoms with Crippen LogP contribution in [0.3, 0.4) is 0 Å². The molecule has 196 valence electrons. The first kappa shape index (κ1) is 24.8. The number of hydrogen-bond acceptors (Lipinski definition) is 5. The van der Waals surface area contributed by atoms with Gasteiger partial charge in [-0.1, -0.05) is 36.4 Å². The Bertz CT molecular complexity index is 1700. The van der Waals surface area contributed by atoms with E-state index in [9.17, 15) is 18.0 Å². The van der Waals surface area contributed by atoms with Gasteiger partial charge < -0.3 is 5.32 Å². The first-order valence-corrected chi connectivity index (χ1v) is 12.6. The van der Waals surface area contributed by atoms with Crippen molar-refractivity contribution in [3.63, 3.8) is 0 Å². The Morgan fingerprint density at radius 2 is 1.90 bits per heavy atom. The first-order valence-electron chi connectivity index (χ1n) is 12.6. The van der Waals surface area contributed by atoms with Crippen LogP contribution in [0.2, 0.25) is 0 Å². The first-order chi connectivity index (χ1) is 18.7. The third-order valence-electron chi connectivity index (χ3n) is 6.86. The van der Waals surface area contributed by atoms with Crippen LogP contribution in [0, 0.1) is 0 Å². The lowest BCUT2D eigenvalue weighted by Gasteiger charge is -2.13. The molecular weight excluding hydrogens is 503 g/mol. The number of anilines is 2. The zero-order valence-corrected chi connectivity index (χ0v) is 21.0. The second-order valence-corrected chi connectivity index (χ2v) is 9.87. The average molecular weight is 528 g/mol. The van der Waals surface area contributed by atoms with Crippen LogP contribution in [0.5, 0.6) is 0 Å². The number of Topliss-reactive ketones (excluding diaryl/α,β-unsaturated/α-hetero) is 1. The normalized spacial score (nSPS) is 13.5. The minimum Gasteiger partial charge on any atom is -0.321 e. The predicted octanol–water partition coefficient (Wildman–Crippen LogP) is 7.10. The number of carbonyl (C=O) groups excluding carboxylic acids is 1. The lowest BCUT2D eigenvalue weighted by atomic mass is 9.91. The molecule has 1 N–H and O–H groups in total. The van der Waals surface area contributed by atoms with Crippen molar-refractivity contribution in [2.24, 2.45) is 7.05 Å². The molecule has 0 unspecified atom stereocenters. The third-order valence-corrected chi connectivity index (χ3v) is 6.86. The fraction of sp³-hybridized carbons (Fsp3) is 0.200. The molecule has 0 radical (unpaired) electrons. The zero-order valence-electron chi connectivity index (χ0n) is 21.0. The SMILES string of the molecule is Cn1cc(Nc2ncc3cc(-c4cc(C(=O)Cc5cccc(C(F)(F)F)c5)ccc4C4CC4)ccc3n2)cn1. The van der Waals surface area contributed by atoms with Crippen molar-refractivity contribution >= 4 is 28.3 Å². The van der Waals surface area contributed by atoms with Gasteiger partial charge in [0.1, 0.15) is 0 Å². The number of carbonyl (C=O) groups is 1. The molecule has 2 aromatic heterocycles. The Morgan fingerprint density at radius 1 is 1.05 bits per heavy atom. The standard InChI is InChI=1S/C30H24F3N5O/c1-38-17-24(16-35-38)36-29-34-15-22-13-20(8-10-27(22)37-29)26-14-21(7-9-25(26)19-5-6-19)28(39)12-18-3-2-4-23(11-18)30(31,32)33/h2-4,7-11,13-17,19H,5-6,12H2,1H3,(H,34,36,37). The zero-order chi connectivity index (χ0) is 27.1. The van der Waals surface area contributed by atoms with Crippen molar-refractivity contribution in [2.45, 2.75) is 31.4 Å². The highest BCUT2D eigenvalue weighted by atomic mass is 19.4. The van der Waals surface area contributed by atoms with E-state index in [0.717, 1.165) is 52.7 Å². The molecular formula is C30H24F3N5O. The van der Waals surface area contributed by atoms with Gasteiger partial charge in [0.15, 0.2) is 5.78 Å². The summed E-state index contributed by atoms with van der Waals surface area (Å²) in [6.07, 6.45) is 2.89. The number of aromatic nitrogens is 4. The number of rotatable bonds is 7. The van der Waals surface area contributed by atoms with E-state index in [4.69, 9.17) is 0 Å². The number of hydrogen-bond donors (Lipinski definition) is 1.